The van der Waals surface area contributed by atoms with E-state index in [1.165, 1.54) is 44.4 Å². The van der Waals surface area contributed by atoms with Crippen molar-refractivity contribution in [2.24, 2.45) is 0 Å². The number of nitrogens with zero attached hydrogens (tertiary/aromatic N) is 1. The molecule has 0 spiro atoms. The molecule has 2 aromatic carbocycles. The molecule has 0 saturated heterocycles. The first-order valence-corrected chi connectivity index (χ1v) is 9.82. The maximum Gasteiger partial charge on any atom is 0.288 e. The molecule has 1 amide bonds. The average molecular weight is 400 g/mol. The molecule has 5 nitrogen and oxygen atoms in total. The molecule has 26 heavy (non-hydrogen) atoms. The summed E-state index contributed by atoms with van der Waals surface area (Å²) in [7, 11) is -0.780. The van der Waals surface area contributed by atoms with Crippen molar-refractivity contribution in [1.82, 2.24) is 4.31 Å². The number of halogens is 2. The highest BCUT2D eigenvalue weighted by molar-refractivity contribution is 7.99. The lowest BCUT2D eigenvalue weighted by Crippen LogP contribution is -2.23. The maximum atomic E-state index is 12.3. The molecular formula is C17H18F2N2O3S2. The second kappa shape index (κ2) is 8.15. The van der Waals surface area contributed by atoms with E-state index in [0.717, 1.165) is 4.31 Å². The third kappa shape index (κ3) is 4.80. The van der Waals surface area contributed by atoms with E-state index in [9.17, 15) is 22.0 Å². The highest BCUT2D eigenvalue weighted by Gasteiger charge is 2.20. The van der Waals surface area contributed by atoms with E-state index in [0.29, 0.717) is 27.9 Å². The van der Waals surface area contributed by atoms with Crippen LogP contribution in [0.3, 0.4) is 0 Å². The van der Waals surface area contributed by atoms with Gasteiger partial charge >= 0.3 is 0 Å². The predicted octanol–water partition coefficient (Wildman–Crippen LogP) is 3.81. The Kier molecular flexibility index (Phi) is 6.38. The number of rotatable bonds is 6. The Morgan fingerprint density at radius 3 is 2.27 bits per heavy atom. The molecule has 0 unspecified atom stereocenters. The van der Waals surface area contributed by atoms with Crippen molar-refractivity contribution in [1.29, 1.82) is 0 Å². The minimum absolute atomic E-state index is 0.101. The maximum absolute atomic E-state index is 12.3. The van der Waals surface area contributed by atoms with E-state index in [4.69, 9.17) is 0 Å². The van der Waals surface area contributed by atoms with Gasteiger partial charge < -0.3 is 5.32 Å². The normalized spacial score (nSPS) is 11.8. The van der Waals surface area contributed by atoms with Crippen LogP contribution >= 0.6 is 11.8 Å². The molecule has 0 radical (unpaired) electrons. The molecule has 0 aliphatic heterocycles. The first-order valence-electron chi connectivity index (χ1n) is 7.50. The Hall–Kier alpha value is -1.97. The molecule has 0 atom stereocenters. The van der Waals surface area contributed by atoms with Crippen LogP contribution in [0, 0.1) is 6.92 Å². The fraction of sp³-hybridized carbons (Fsp3) is 0.235. The Morgan fingerprint density at radius 1 is 1.12 bits per heavy atom. The molecule has 9 heteroatoms. The van der Waals surface area contributed by atoms with E-state index < -0.39 is 21.7 Å². The van der Waals surface area contributed by atoms with Crippen LogP contribution in [0.25, 0.3) is 0 Å². The second-order valence-electron chi connectivity index (χ2n) is 5.62. The summed E-state index contributed by atoms with van der Waals surface area (Å²) in [5.41, 5.74) is 1.17. The monoisotopic (exact) mass is 400 g/mol. The number of nitrogens with one attached hydrogen (secondary N) is 1. The summed E-state index contributed by atoms with van der Waals surface area (Å²) >= 11 is 0.395. The summed E-state index contributed by atoms with van der Waals surface area (Å²) in [6, 6.07) is 10.3. The van der Waals surface area contributed by atoms with Gasteiger partial charge in [-0.3, -0.25) is 4.79 Å². The number of amides is 1. The lowest BCUT2D eigenvalue weighted by Gasteiger charge is -2.15. The first kappa shape index (κ1) is 20.3. The van der Waals surface area contributed by atoms with Crippen LogP contribution in [-0.2, 0) is 10.0 Å². The summed E-state index contributed by atoms with van der Waals surface area (Å²) in [4.78, 5) is 12.8. The van der Waals surface area contributed by atoms with Crippen molar-refractivity contribution in [3.63, 3.8) is 0 Å². The van der Waals surface area contributed by atoms with Crippen LogP contribution in [0.2, 0.25) is 0 Å². The average Bonchev–Trinajstić information content (AvgIpc) is 2.56. The molecule has 0 bridgehead atoms. The number of hydrogen-bond donors (Lipinski definition) is 1. The van der Waals surface area contributed by atoms with Crippen molar-refractivity contribution < 1.29 is 22.0 Å². The van der Waals surface area contributed by atoms with Crippen molar-refractivity contribution in [3.05, 3.63) is 53.6 Å². The van der Waals surface area contributed by atoms with E-state index >= 15 is 0 Å². The number of carbonyl (C=O) groups is 1. The van der Waals surface area contributed by atoms with Gasteiger partial charge in [0.1, 0.15) is 0 Å². The number of aryl methyl sites for hydroxylation is 1. The van der Waals surface area contributed by atoms with Crippen molar-refractivity contribution >= 4 is 33.4 Å². The highest BCUT2D eigenvalue weighted by Crippen LogP contribution is 2.26. The van der Waals surface area contributed by atoms with Gasteiger partial charge in [-0.15, -0.1) is 0 Å². The van der Waals surface area contributed by atoms with E-state index in [2.05, 4.69) is 5.32 Å². The van der Waals surface area contributed by atoms with Crippen molar-refractivity contribution in [2.75, 3.05) is 19.4 Å². The van der Waals surface area contributed by atoms with Crippen LogP contribution in [0.4, 0.5) is 14.5 Å². The lowest BCUT2D eigenvalue weighted by atomic mass is 10.2. The van der Waals surface area contributed by atoms with Gasteiger partial charge in [0.15, 0.2) is 0 Å². The first-order chi connectivity index (χ1) is 12.1. The van der Waals surface area contributed by atoms with E-state index in [1.54, 1.807) is 19.1 Å². The second-order valence-corrected chi connectivity index (χ2v) is 8.81. The third-order valence-corrected chi connectivity index (χ3v) is 6.23. The smallest absolute Gasteiger partial charge is 0.288 e. The standard InChI is InChI=1S/C17H18F2N2O3S2/c1-11-4-7-13(10-15(11)26(23,24)21(2)3)20-16(22)12-5-8-14(9-6-12)25-17(18)19/h4-10,17H,1-3H3,(H,20,22). The summed E-state index contributed by atoms with van der Waals surface area (Å²) in [6.45, 7) is 1.67. The topological polar surface area (TPSA) is 66.5 Å². The number of benzene rings is 2. The van der Waals surface area contributed by atoms with Gasteiger partial charge in [0.05, 0.1) is 4.90 Å². The quantitative estimate of drug-likeness (QED) is 0.749. The van der Waals surface area contributed by atoms with Gasteiger partial charge in [0.25, 0.3) is 11.7 Å². The third-order valence-electron chi connectivity index (χ3n) is 3.55. The molecule has 140 valence electrons. The number of thioether (sulfide) groups is 1. The molecule has 0 aliphatic carbocycles. The van der Waals surface area contributed by atoms with Crippen LogP contribution in [0.15, 0.2) is 52.3 Å². The highest BCUT2D eigenvalue weighted by atomic mass is 32.2. The van der Waals surface area contributed by atoms with Crippen LogP contribution < -0.4 is 5.32 Å². The molecule has 1 N–H and O–H groups in total. The van der Waals surface area contributed by atoms with Gasteiger partial charge in [-0.2, -0.15) is 8.78 Å². The summed E-state index contributed by atoms with van der Waals surface area (Å²) in [5, 5.41) is 2.62. The number of hydrogen-bond acceptors (Lipinski definition) is 4. The molecule has 0 saturated carbocycles. The molecule has 0 fully saturated rings. The molecule has 0 aliphatic rings. The Balaban J connectivity index is 2.22. The summed E-state index contributed by atoms with van der Waals surface area (Å²) in [6.07, 6.45) is 0. The molecule has 2 aromatic rings. The minimum atomic E-state index is -3.64. The van der Waals surface area contributed by atoms with Crippen molar-refractivity contribution in [2.45, 2.75) is 22.5 Å². The predicted molar refractivity (Wildman–Crippen MR) is 98.3 cm³/mol. The van der Waals surface area contributed by atoms with E-state index in [1.807, 2.05) is 0 Å². The van der Waals surface area contributed by atoms with Crippen LogP contribution in [-0.4, -0.2) is 38.5 Å². The number of carbonyl (C=O) groups excluding carboxylic acids is 1. The number of anilines is 1. The number of sulfonamides is 1. The van der Waals surface area contributed by atoms with Crippen LogP contribution in [0.5, 0.6) is 0 Å². The molecule has 0 heterocycles. The van der Waals surface area contributed by atoms with Crippen molar-refractivity contribution in [3.8, 4) is 0 Å². The summed E-state index contributed by atoms with van der Waals surface area (Å²) in [5.74, 6) is -2.99. The Morgan fingerprint density at radius 2 is 1.73 bits per heavy atom. The Bertz CT molecular complexity index is 899. The minimum Gasteiger partial charge on any atom is -0.322 e. The number of alkyl halides is 2. The van der Waals surface area contributed by atoms with Gasteiger partial charge in [-0.05, 0) is 48.9 Å². The fourth-order valence-corrected chi connectivity index (χ4v) is 3.79. The van der Waals surface area contributed by atoms with Gasteiger partial charge in [-0.25, -0.2) is 12.7 Å². The summed E-state index contributed by atoms with van der Waals surface area (Å²) < 4.78 is 50.4. The largest absolute Gasteiger partial charge is 0.322 e. The zero-order valence-corrected chi connectivity index (χ0v) is 16.0. The van der Waals surface area contributed by atoms with Crippen LogP contribution in [0.1, 0.15) is 15.9 Å². The fourth-order valence-electron chi connectivity index (χ4n) is 2.14. The van der Waals surface area contributed by atoms with Gasteiger partial charge in [0.2, 0.25) is 10.0 Å². The lowest BCUT2D eigenvalue weighted by molar-refractivity contribution is 0.102. The van der Waals surface area contributed by atoms with Gasteiger partial charge in [-0.1, -0.05) is 17.8 Å². The SMILES string of the molecule is Cc1ccc(NC(=O)c2ccc(SC(F)F)cc2)cc1S(=O)(=O)N(C)C. The molecule has 2 rings (SSSR count). The zero-order chi connectivity index (χ0) is 19.5. The molecular weight excluding hydrogens is 382 g/mol. The van der Waals surface area contributed by atoms with Gasteiger partial charge in [0, 0.05) is 30.2 Å². The Labute approximate surface area is 155 Å². The zero-order valence-electron chi connectivity index (χ0n) is 14.4. The van der Waals surface area contributed by atoms with E-state index in [-0.39, 0.29) is 10.5 Å². The molecule has 0 aromatic heterocycles.